The molecule has 0 spiro atoms. The van der Waals surface area contributed by atoms with E-state index in [0.717, 1.165) is 13.2 Å². The lowest BCUT2D eigenvalue weighted by molar-refractivity contribution is -0.138. The summed E-state index contributed by atoms with van der Waals surface area (Å²) in [6, 6.07) is 2.22. The van der Waals surface area contributed by atoms with Gasteiger partial charge in [0.15, 0.2) is 11.5 Å². The second kappa shape index (κ2) is 5.19. The first-order chi connectivity index (χ1) is 9.81. The number of hydrogen-bond donors (Lipinski definition) is 1. The zero-order valence-corrected chi connectivity index (χ0v) is 11.7. The van der Waals surface area contributed by atoms with Gasteiger partial charge in [0.2, 0.25) is 0 Å². The van der Waals surface area contributed by atoms with Crippen molar-refractivity contribution in [3.8, 4) is 22.6 Å². The average Bonchev–Trinajstić information content (AvgIpc) is 2.76. The maximum atomic E-state index is 13.0. The number of ether oxygens (including phenoxy) is 2. The summed E-state index contributed by atoms with van der Waals surface area (Å²) < 4.78 is 50.4. The Balaban J connectivity index is 2.72. The van der Waals surface area contributed by atoms with Gasteiger partial charge in [-0.3, -0.25) is 4.68 Å². The molecule has 0 bridgehead atoms. The Morgan fingerprint density at radius 1 is 1.10 bits per heavy atom. The van der Waals surface area contributed by atoms with Gasteiger partial charge in [-0.1, -0.05) is 0 Å². The molecule has 1 heterocycles. The molecule has 21 heavy (non-hydrogen) atoms. The minimum absolute atomic E-state index is 0.0352. The summed E-state index contributed by atoms with van der Waals surface area (Å²) in [5.74, 6) is -0.104. The largest absolute Gasteiger partial charge is 0.492 e. The SMILES string of the molecule is COc1c(-c2cnn(C)c2N)ccc(C(F)(F)F)c1OC. The quantitative estimate of drug-likeness (QED) is 0.947. The monoisotopic (exact) mass is 301 g/mol. The minimum atomic E-state index is -4.54. The highest BCUT2D eigenvalue weighted by molar-refractivity contribution is 5.81. The number of aromatic nitrogens is 2. The van der Waals surface area contributed by atoms with E-state index in [1.807, 2.05) is 0 Å². The highest BCUT2D eigenvalue weighted by atomic mass is 19.4. The van der Waals surface area contributed by atoms with Crippen LogP contribution in [0, 0.1) is 0 Å². The first-order valence-electron chi connectivity index (χ1n) is 5.91. The van der Waals surface area contributed by atoms with Gasteiger partial charge in [0.05, 0.1) is 20.4 Å². The molecular weight excluding hydrogens is 287 g/mol. The van der Waals surface area contributed by atoms with E-state index in [2.05, 4.69) is 5.10 Å². The van der Waals surface area contributed by atoms with Crippen LogP contribution in [0.2, 0.25) is 0 Å². The molecule has 0 unspecified atom stereocenters. The third-order valence-electron chi connectivity index (χ3n) is 3.10. The molecule has 0 aliphatic heterocycles. The first kappa shape index (κ1) is 15.0. The normalized spacial score (nSPS) is 11.5. The smallest absolute Gasteiger partial charge is 0.420 e. The number of alkyl halides is 3. The van der Waals surface area contributed by atoms with E-state index in [-0.39, 0.29) is 11.5 Å². The minimum Gasteiger partial charge on any atom is -0.492 e. The van der Waals surface area contributed by atoms with Gasteiger partial charge in [-0.05, 0) is 12.1 Å². The number of nitrogens with zero attached hydrogens (tertiary/aromatic N) is 2. The molecule has 8 heteroatoms. The van der Waals surface area contributed by atoms with Crippen LogP contribution in [0.1, 0.15) is 5.56 Å². The predicted molar refractivity (Wildman–Crippen MR) is 71.2 cm³/mol. The summed E-state index contributed by atoms with van der Waals surface area (Å²) in [7, 11) is 4.06. The van der Waals surface area contributed by atoms with Crippen molar-refractivity contribution in [1.82, 2.24) is 9.78 Å². The Bertz CT molecular complexity index is 665. The van der Waals surface area contributed by atoms with Crippen molar-refractivity contribution < 1.29 is 22.6 Å². The van der Waals surface area contributed by atoms with E-state index < -0.39 is 11.7 Å². The van der Waals surface area contributed by atoms with Gasteiger partial charge in [0.1, 0.15) is 11.4 Å². The molecule has 0 fully saturated rings. The van der Waals surface area contributed by atoms with Crippen LogP contribution in [-0.4, -0.2) is 24.0 Å². The zero-order valence-electron chi connectivity index (χ0n) is 11.7. The first-order valence-corrected chi connectivity index (χ1v) is 5.91. The van der Waals surface area contributed by atoms with Crippen LogP contribution in [0.25, 0.3) is 11.1 Å². The highest BCUT2D eigenvalue weighted by Crippen LogP contribution is 2.47. The van der Waals surface area contributed by atoms with E-state index in [1.54, 1.807) is 7.05 Å². The zero-order chi connectivity index (χ0) is 15.8. The van der Waals surface area contributed by atoms with E-state index in [1.165, 1.54) is 24.1 Å². The summed E-state index contributed by atoms with van der Waals surface area (Å²) in [4.78, 5) is 0. The molecule has 1 aromatic heterocycles. The van der Waals surface area contributed by atoms with Crippen molar-refractivity contribution in [1.29, 1.82) is 0 Å². The predicted octanol–water partition coefficient (Wildman–Crippen LogP) is 2.71. The van der Waals surface area contributed by atoms with Crippen molar-refractivity contribution in [2.24, 2.45) is 7.05 Å². The number of aryl methyl sites for hydroxylation is 1. The Morgan fingerprint density at radius 2 is 1.71 bits per heavy atom. The Kier molecular flexibility index (Phi) is 3.71. The Labute approximate surface area is 119 Å². The number of nitrogens with two attached hydrogens (primary N) is 1. The Morgan fingerprint density at radius 3 is 2.14 bits per heavy atom. The van der Waals surface area contributed by atoms with Crippen molar-refractivity contribution >= 4 is 5.82 Å². The summed E-state index contributed by atoms with van der Waals surface area (Å²) in [5, 5.41) is 3.97. The second-order valence-corrected chi connectivity index (χ2v) is 4.29. The average molecular weight is 301 g/mol. The fraction of sp³-hybridized carbons (Fsp3) is 0.308. The molecule has 5 nitrogen and oxygen atoms in total. The number of benzene rings is 1. The molecule has 2 N–H and O–H groups in total. The standard InChI is InChI=1S/C13H14F3N3O2/c1-19-12(17)8(6-18-19)7-4-5-9(13(14,15)16)11(21-3)10(7)20-2/h4-6H,17H2,1-3H3. The van der Waals surface area contributed by atoms with E-state index in [0.29, 0.717) is 16.9 Å². The number of methoxy groups -OCH3 is 2. The lowest BCUT2D eigenvalue weighted by Crippen LogP contribution is -2.09. The molecule has 0 saturated carbocycles. The maximum absolute atomic E-state index is 13.0. The van der Waals surface area contributed by atoms with Gasteiger partial charge >= 0.3 is 6.18 Å². The summed E-state index contributed by atoms with van der Waals surface area (Å²) in [5.41, 5.74) is 5.80. The molecule has 0 saturated heterocycles. The highest BCUT2D eigenvalue weighted by Gasteiger charge is 2.36. The van der Waals surface area contributed by atoms with E-state index >= 15 is 0 Å². The number of hydrogen-bond acceptors (Lipinski definition) is 4. The fourth-order valence-corrected chi connectivity index (χ4v) is 2.06. The van der Waals surface area contributed by atoms with Gasteiger partial charge in [-0.15, -0.1) is 0 Å². The van der Waals surface area contributed by atoms with Crippen LogP contribution in [0.4, 0.5) is 19.0 Å². The van der Waals surface area contributed by atoms with Crippen LogP contribution in [-0.2, 0) is 13.2 Å². The summed E-state index contributed by atoms with van der Waals surface area (Å²) >= 11 is 0. The third kappa shape index (κ3) is 2.48. The molecule has 2 aromatic rings. The number of halogens is 3. The molecular formula is C13H14F3N3O2. The number of anilines is 1. The molecule has 0 atom stereocenters. The van der Waals surface area contributed by atoms with Crippen molar-refractivity contribution in [2.75, 3.05) is 20.0 Å². The van der Waals surface area contributed by atoms with Crippen molar-refractivity contribution in [2.45, 2.75) is 6.18 Å². The number of nitrogen functional groups attached to an aromatic ring is 1. The number of rotatable bonds is 3. The maximum Gasteiger partial charge on any atom is 0.420 e. The van der Waals surface area contributed by atoms with Crippen LogP contribution in [0.5, 0.6) is 11.5 Å². The molecule has 1 aromatic carbocycles. The molecule has 2 rings (SSSR count). The molecule has 0 amide bonds. The van der Waals surface area contributed by atoms with E-state index in [4.69, 9.17) is 15.2 Å². The van der Waals surface area contributed by atoms with Crippen LogP contribution < -0.4 is 15.2 Å². The lowest BCUT2D eigenvalue weighted by atomic mass is 10.0. The second-order valence-electron chi connectivity index (χ2n) is 4.29. The van der Waals surface area contributed by atoms with Gasteiger partial charge in [0, 0.05) is 18.2 Å². The van der Waals surface area contributed by atoms with Gasteiger partial charge < -0.3 is 15.2 Å². The molecule has 0 aliphatic rings. The lowest BCUT2D eigenvalue weighted by Gasteiger charge is -2.17. The van der Waals surface area contributed by atoms with Crippen molar-refractivity contribution in [3.05, 3.63) is 23.9 Å². The van der Waals surface area contributed by atoms with Crippen LogP contribution >= 0.6 is 0 Å². The summed E-state index contributed by atoms with van der Waals surface area (Å²) in [6.07, 6.45) is -3.09. The van der Waals surface area contributed by atoms with Crippen LogP contribution in [0.3, 0.4) is 0 Å². The van der Waals surface area contributed by atoms with E-state index in [9.17, 15) is 13.2 Å². The molecule has 114 valence electrons. The van der Waals surface area contributed by atoms with Gasteiger partial charge in [-0.25, -0.2) is 0 Å². The third-order valence-corrected chi connectivity index (χ3v) is 3.10. The van der Waals surface area contributed by atoms with Crippen molar-refractivity contribution in [3.63, 3.8) is 0 Å². The fourth-order valence-electron chi connectivity index (χ4n) is 2.06. The molecule has 0 aliphatic carbocycles. The topological polar surface area (TPSA) is 62.3 Å². The molecule has 0 radical (unpaired) electrons. The van der Waals surface area contributed by atoms with Gasteiger partial charge in [-0.2, -0.15) is 18.3 Å². The Hall–Kier alpha value is -2.38. The van der Waals surface area contributed by atoms with Gasteiger partial charge in [0.25, 0.3) is 0 Å². The van der Waals surface area contributed by atoms with Crippen LogP contribution in [0.15, 0.2) is 18.3 Å². The summed E-state index contributed by atoms with van der Waals surface area (Å²) in [6.45, 7) is 0.